The van der Waals surface area contributed by atoms with Gasteiger partial charge in [0.25, 0.3) is 0 Å². The molecule has 0 spiro atoms. The third kappa shape index (κ3) is 8.08. The lowest BCUT2D eigenvalue weighted by atomic mass is 10.2. The number of aromatic nitrogens is 4. The minimum absolute atomic E-state index is 0.0566. The Morgan fingerprint density at radius 3 is 2.37 bits per heavy atom. The van der Waals surface area contributed by atoms with Crippen molar-refractivity contribution >= 4 is 34.1 Å². The normalized spacial score (nSPS) is 12.4. The maximum atomic E-state index is 11.9. The van der Waals surface area contributed by atoms with E-state index in [1.807, 2.05) is 45.0 Å². The van der Waals surface area contributed by atoms with Gasteiger partial charge in [0.1, 0.15) is 11.6 Å². The van der Waals surface area contributed by atoms with E-state index >= 15 is 0 Å². The second-order valence-corrected chi connectivity index (χ2v) is 7.91. The number of halogens is 3. The molecule has 4 aromatic rings. The van der Waals surface area contributed by atoms with Crippen LogP contribution >= 0.6 is 0 Å². The van der Waals surface area contributed by atoms with Crippen LogP contribution in [0.4, 0.5) is 30.5 Å². The Labute approximate surface area is 217 Å². The van der Waals surface area contributed by atoms with Crippen LogP contribution in [-0.4, -0.2) is 39.5 Å². The van der Waals surface area contributed by atoms with Gasteiger partial charge in [-0.15, -0.1) is 13.2 Å². The molecule has 0 saturated heterocycles. The second-order valence-electron chi connectivity index (χ2n) is 7.91. The molecule has 2 aromatic heterocycles. The monoisotopic (exact) mass is 530 g/mol. The fraction of sp³-hybridized carbons (Fsp3) is 0.308. The lowest BCUT2D eigenvalue weighted by molar-refractivity contribution is -0.274. The van der Waals surface area contributed by atoms with Gasteiger partial charge in [-0.25, -0.2) is 9.97 Å². The summed E-state index contributed by atoms with van der Waals surface area (Å²) in [6.07, 6.45) is -1.31. The van der Waals surface area contributed by atoms with Crippen molar-refractivity contribution in [1.29, 1.82) is 0 Å². The molecule has 1 saturated carbocycles. The number of fused-ring (bicyclic) bond motifs is 1. The van der Waals surface area contributed by atoms with Crippen LogP contribution < -0.4 is 20.1 Å². The Kier molecular flexibility index (Phi) is 9.47. The third-order valence-electron chi connectivity index (χ3n) is 5.11. The van der Waals surface area contributed by atoms with Crippen LogP contribution in [0.15, 0.2) is 54.7 Å². The standard InChI is InChI=1S/C13H13N5O.C11H10F3NO2.C2H6/c1-8-14-7-11(19-2)13(15-8)16-12-9-5-3-4-6-10(9)17-18-12;12-11(13,14)17-9-5-3-8(4-6-9)15-10(16)7-1-2-7;1-2/h3-7H,1-2H3,(H2,14,15,16,17,18);3-7H,1-2H2,(H,15,16);1-2H3. The Hall–Kier alpha value is -4.35. The quantitative estimate of drug-likeness (QED) is 0.265. The molecule has 1 fully saturated rings. The van der Waals surface area contributed by atoms with Gasteiger partial charge in [0.05, 0.1) is 18.8 Å². The molecule has 9 nitrogen and oxygen atoms in total. The first-order valence-corrected chi connectivity index (χ1v) is 12.0. The first-order valence-electron chi connectivity index (χ1n) is 12.0. The van der Waals surface area contributed by atoms with Crippen LogP contribution in [0.1, 0.15) is 32.5 Å². The second kappa shape index (κ2) is 12.7. The molecule has 5 rings (SSSR count). The average molecular weight is 531 g/mol. The highest BCUT2D eigenvalue weighted by atomic mass is 19.4. The van der Waals surface area contributed by atoms with Crippen LogP contribution in [0.25, 0.3) is 10.9 Å². The summed E-state index contributed by atoms with van der Waals surface area (Å²) in [7, 11) is 1.59. The molecule has 202 valence electrons. The molecule has 1 aliphatic carbocycles. The highest BCUT2D eigenvalue weighted by Crippen LogP contribution is 2.31. The zero-order valence-electron chi connectivity index (χ0n) is 21.4. The molecule has 2 aromatic carbocycles. The minimum atomic E-state index is -4.70. The summed E-state index contributed by atoms with van der Waals surface area (Å²) in [5, 5.41) is 14.0. The van der Waals surface area contributed by atoms with E-state index in [-0.39, 0.29) is 17.6 Å². The zero-order chi connectivity index (χ0) is 27.7. The van der Waals surface area contributed by atoms with Gasteiger partial charge in [-0.2, -0.15) is 5.10 Å². The van der Waals surface area contributed by atoms with Gasteiger partial charge < -0.3 is 20.1 Å². The number of aromatic amines is 1. The van der Waals surface area contributed by atoms with E-state index in [0.29, 0.717) is 28.9 Å². The number of ether oxygens (including phenoxy) is 2. The summed E-state index contributed by atoms with van der Waals surface area (Å²) in [6, 6.07) is 13.0. The number of hydrogen-bond acceptors (Lipinski definition) is 7. The minimum Gasteiger partial charge on any atom is -0.491 e. The summed E-state index contributed by atoms with van der Waals surface area (Å²) < 4.78 is 44.6. The maximum Gasteiger partial charge on any atom is 0.573 e. The summed E-state index contributed by atoms with van der Waals surface area (Å²) in [5.74, 6) is 2.23. The Morgan fingerprint density at radius 1 is 1.05 bits per heavy atom. The van der Waals surface area contributed by atoms with Gasteiger partial charge in [-0.05, 0) is 56.2 Å². The van der Waals surface area contributed by atoms with Gasteiger partial charge in [-0.3, -0.25) is 9.89 Å². The number of hydrogen-bond donors (Lipinski definition) is 3. The molecular formula is C26H29F3N6O3. The van der Waals surface area contributed by atoms with E-state index in [2.05, 4.69) is 35.5 Å². The maximum absolute atomic E-state index is 11.9. The van der Waals surface area contributed by atoms with Gasteiger partial charge in [0, 0.05) is 17.0 Å². The van der Waals surface area contributed by atoms with Crippen molar-refractivity contribution in [2.24, 2.45) is 5.92 Å². The SMILES string of the molecule is CC.COc1cnc(C)nc1Nc1n[nH]c2ccccc12.O=C(Nc1ccc(OC(F)(F)F)cc1)C1CC1. The third-order valence-corrected chi connectivity index (χ3v) is 5.11. The number of nitrogens with one attached hydrogen (secondary N) is 3. The lowest BCUT2D eigenvalue weighted by Crippen LogP contribution is -2.17. The fourth-order valence-electron chi connectivity index (χ4n) is 3.20. The molecule has 0 bridgehead atoms. The number of carbonyl (C=O) groups excluding carboxylic acids is 1. The smallest absolute Gasteiger partial charge is 0.491 e. The van der Waals surface area contributed by atoms with Gasteiger partial charge in [0.2, 0.25) is 5.91 Å². The molecule has 1 amide bonds. The molecule has 2 heterocycles. The predicted molar refractivity (Wildman–Crippen MR) is 139 cm³/mol. The van der Waals surface area contributed by atoms with E-state index in [9.17, 15) is 18.0 Å². The number of aryl methyl sites for hydroxylation is 1. The molecule has 12 heteroatoms. The van der Waals surface area contributed by atoms with Crippen LogP contribution in [0.5, 0.6) is 11.5 Å². The van der Waals surface area contributed by atoms with Crippen molar-refractivity contribution in [3.63, 3.8) is 0 Å². The van der Waals surface area contributed by atoms with Gasteiger partial charge >= 0.3 is 6.36 Å². The van der Waals surface area contributed by atoms with E-state index < -0.39 is 6.36 Å². The topological polar surface area (TPSA) is 114 Å². The number of amides is 1. The summed E-state index contributed by atoms with van der Waals surface area (Å²) in [5.41, 5.74) is 1.44. The molecule has 0 unspecified atom stereocenters. The Balaban J connectivity index is 0.000000199. The zero-order valence-corrected chi connectivity index (χ0v) is 21.4. The van der Waals surface area contributed by atoms with Gasteiger partial charge in [0.15, 0.2) is 17.4 Å². The number of para-hydroxylation sites is 1. The highest BCUT2D eigenvalue weighted by Gasteiger charge is 2.31. The van der Waals surface area contributed by atoms with Crippen molar-refractivity contribution in [3.8, 4) is 11.5 Å². The lowest BCUT2D eigenvalue weighted by Gasteiger charge is -2.09. The van der Waals surface area contributed by atoms with E-state index in [1.54, 1.807) is 13.3 Å². The largest absolute Gasteiger partial charge is 0.573 e. The molecular weight excluding hydrogens is 501 g/mol. The molecule has 0 atom stereocenters. The van der Waals surface area contributed by atoms with Crippen LogP contribution in [0.3, 0.4) is 0 Å². The van der Waals surface area contributed by atoms with Crippen LogP contribution in [-0.2, 0) is 4.79 Å². The van der Waals surface area contributed by atoms with Crippen molar-refractivity contribution in [2.45, 2.75) is 40.0 Å². The molecule has 0 aliphatic heterocycles. The average Bonchev–Trinajstić information content (AvgIpc) is 3.68. The predicted octanol–water partition coefficient (Wildman–Crippen LogP) is 6.37. The molecule has 38 heavy (non-hydrogen) atoms. The number of nitrogens with zero attached hydrogens (tertiary/aromatic N) is 3. The summed E-state index contributed by atoms with van der Waals surface area (Å²) in [6.45, 7) is 5.83. The van der Waals surface area contributed by atoms with E-state index in [1.165, 1.54) is 12.1 Å². The molecule has 1 aliphatic rings. The number of methoxy groups -OCH3 is 1. The molecule has 0 radical (unpaired) electrons. The van der Waals surface area contributed by atoms with Crippen LogP contribution in [0.2, 0.25) is 0 Å². The number of H-pyrrole nitrogens is 1. The Bertz CT molecular complexity index is 1340. The Morgan fingerprint density at radius 2 is 1.74 bits per heavy atom. The van der Waals surface area contributed by atoms with Gasteiger partial charge in [-0.1, -0.05) is 26.0 Å². The van der Waals surface area contributed by atoms with Crippen molar-refractivity contribution < 1.29 is 27.4 Å². The number of carbonyl (C=O) groups is 1. The first kappa shape index (κ1) is 28.2. The number of rotatable bonds is 6. The van der Waals surface area contributed by atoms with E-state index in [0.717, 1.165) is 35.9 Å². The number of anilines is 3. The van der Waals surface area contributed by atoms with Crippen LogP contribution in [0, 0.1) is 12.8 Å². The number of alkyl halides is 3. The van der Waals surface area contributed by atoms with Crippen molar-refractivity contribution in [2.75, 3.05) is 17.7 Å². The first-order chi connectivity index (χ1) is 18.2. The van der Waals surface area contributed by atoms with E-state index in [4.69, 9.17) is 4.74 Å². The van der Waals surface area contributed by atoms with Crippen molar-refractivity contribution in [1.82, 2.24) is 20.2 Å². The molecule has 3 N–H and O–H groups in total. The highest BCUT2D eigenvalue weighted by molar-refractivity contribution is 5.94. The summed E-state index contributed by atoms with van der Waals surface area (Å²) in [4.78, 5) is 19.8. The fourth-order valence-corrected chi connectivity index (χ4v) is 3.20. The van der Waals surface area contributed by atoms with Crippen molar-refractivity contribution in [3.05, 3.63) is 60.6 Å². The summed E-state index contributed by atoms with van der Waals surface area (Å²) >= 11 is 0. The number of benzene rings is 2.